The van der Waals surface area contributed by atoms with Crippen molar-refractivity contribution in [2.75, 3.05) is 5.73 Å². The Morgan fingerprint density at radius 3 is 2.79 bits per heavy atom. The van der Waals surface area contributed by atoms with Crippen LogP contribution in [0.1, 0.15) is 0 Å². The molecule has 118 valence electrons. The van der Waals surface area contributed by atoms with E-state index < -0.39 is 5.82 Å². The Morgan fingerprint density at radius 2 is 2.00 bits per heavy atom. The van der Waals surface area contributed by atoms with Gasteiger partial charge < -0.3 is 5.73 Å². The lowest BCUT2D eigenvalue weighted by Crippen LogP contribution is -2.00. The lowest BCUT2D eigenvalue weighted by Gasteiger charge is -2.08. The van der Waals surface area contributed by atoms with Gasteiger partial charge in [0.15, 0.2) is 0 Å². The minimum absolute atomic E-state index is 0.280. The van der Waals surface area contributed by atoms with Crippen LogP contribution in [0, 0.1) is 5.82 Å². The van der Waals surface area contributed by atoms with Crippen molar-refractivity contribution in [2.24, 2.45) is 7.05 Å². The molecule has 3 heterocycles. The predicted molar refractivity (Wildman–Crippen MR) is 89.3 cm³/mol. The molecule has 1 aromatic carbocycles. The first-order valence-electron chi connectivity index (χ1n) is 7.29. The minimum atomic E-state index is -0.409. The summed E-state index contributed by atoms with van der Waals surface area (Å²) in [5.41, 5.74) is 8.36. The number of nitrogens with zero attached hydrogens (tertiary/aromatic N) is 5. The highest BCUT2D eigenvalue weighted by Gasteiger charge is 2.16. The summed E-state index contributed by atoms with van der Waals surface area (Å²) >= 11 is 0. The third kappa shape index (κ3) is 2.36. The van der Waals surface area contributed by atoms with Crippen molar-refractivity contribution in [3.8, 4) is 22.6 Å². The summed E-state index contributed by atoms with van der Waals surface area (Å²) in [7, 11) is 1.81. The number of aryl methyl sites for hydroxylation is 1. The highest BCUT2D eigenvalue weighted by Crippen LogP contribution is 2.31. The Hall–Kier alpha value is -3.35. The molecule has 0 aliphatic carbocycles. The van der Waals surface area contributed by atoms with Crippen LogP contribution in [0.15, 0.2) is 48.9 Å². The molecule has 0 unspecified atom stereocenters. The number of halogens is 1. The maximum Gasteiger partial charge on any atom is 0.150 e. The number of hydrogen-bond donors (Lipinski definition) is 1. The highest BCUT2D eigenvalue weighted by molar-refractivity contribution is 5.87. The van der Waals surface area contributed by atoms with Crippen LogP contribution < -0.4 is 5.73 Å². The molecule has 7 heteroatoms. The smallest absolute Gasteiger partial charge is 0.150 e. The fourth-order valence-corrected chi connectivity index (χ4v) is 2.62. The molecule has 2 N–H and O–H groups in total. The molecule has 0 saturated heterocycles. The van der Waals surface area contributed by atoms with Gasteiger partial charge in [-0.1, -0.05) is 6.07 Å². The van der Waals surface area contributed by atoms with Crippen molar-refractivity contribution in [3.63, 3.8) is 0 Å². The van der Waals surface area contributed by atoms with E-state index in [2.05, 4.69) is 20.1 Å². The van der Waals surface area contributed by atoms with E-state index in [1.54, 1.807) is 29.2 Å². The first kappa shape index (κ1) is 14.3. The van der Waals surface area contributed by atoms with Crippen LogP contribution in [0.25, 0.3) is 33.5 Å². The van der Waals surface area contributed by atoms with Crippen LogP contribution in [0.3, 0.4) is 0 Å². The Labute approximate surface area is 136 Å². The Kier molecular flexibility index (Phi) is 3.19. The van der Waals surface area contributed by atoms with E-state index in [1.165, 1.54) is 12.3 Å². The molecule has 0 radical (unpaired) electrons. The third-order valence-electron chi connectivity index (χ3n) is 3.68. The molecule has 0 aliphatic heterocycles. The highest BCUT2D eigenvalue weighted by atomic mass is 19.1. The Balaban J connectivity index is 1.97. The largest absolute Gasteiger partial charge is 0.382 e. The molecule has 0 aliphatic rings. The number of anilines is 1. The summed E-state index contributed by atoms with van der Waals surface area (Å²) < 4.78 is 16.1. The molecular weight excluding hydrogens is 307 g/mol. The third-order valence-corrected chi connectivity index (χ3v) is 3.68. The lowest BCUT2D eigenvalue weighted by molar-refractivity contribution is 0.637. The lowest BCUT2D eigenvalue weighted by atomic mass is 10.0. The second-order valence-corrected chi connectivity index (χ2v) is 5.40. The van der Waals surface area contributed by atoms with Gasteiger partial charge in [-0.2, -0.15) is 5.10 Å². The van der Waals surface area contributed by atoms with Gasteiger partial charge in [0.2, 0.25) is 0 Å². The quantitative estimate of drug-likeness (QED) is 0.614. The van der Waals surface area contributed by atoms with Gasteiger partial charge in [-0.25, -0.2) is 9.37 Å². The van der Waals surface area contributed by atoms with Gasteiger partial charge in [0.1, 0.15) is 28.5 Å². The first-order chi connectivity index (χ1) is 11.6. The number of hydrogen-bond acceptors (Lipinski definition) is 5. The van der Waals surface area contributed by atoms with Crippen molar-refractivity contribution >= 4 is 16.7 Å². The summed E-state index contributed by atoms with van der Waals surface area (Å²) in [4.78, 5) is 12.8. The Morgan fingerprint density at radius 1 is 1.12 bits per heavy atom. The standard InChI is InChI=1S/C17H13FN6/c1-24-6-4-13(23-24)17-16(21-9-14(19)22-17)11-7-10-3-2-5-20-15(10)12(18)8-11/h2-9H,1H3,(H2,19,22). The minimum Gasteiger partial charge on any atom is -0.382 e. The number of nitrogens with two attached hydrogens (primary N) is 1. The molecule has 0 bridgehead atoms. The van der Waals surface area contributed by atoms with E-state index in [-0.39, 0.29) is 5.82 Å². The summed E-state index contributed by atoms with van der Waals surface area (Å²) in [5, 5.41) is 5.04. The average Bonchev–Trinajstić information content (AvgIpc) is 3.01. The van der Waals surface area contributed by atoms with Gasteiger partial charge in [0, 0.05) is 30.4 Å². The van der Waals surface area contributed by atoms with Crippen molar-refractivity contribution in [1.29, 1.82) is 0 Å². The Bertz CT molecular complexity index is 1060. The zero-order valence-electron chi connectivity index (χ0n) is 12.8. The summed E-state index contributed by atoms with van der Waals surface area (Å²) in [6.45, 7) is 0. The fourth-order valence-electron chi connectivity index (χ4n) is 2.62. The zero-order valence-corrected chi connectivity index (χ0v) is 12.8. The normalized spacial score (nSPS) is 11.1. The molecule has 3 aromatic heterocycles. The topological polar surface area (TPSA) is 82.5 Å². The molecule has 4 rings (SSSR count). The fraction of sp³-hybridized carbons (Fsp3) is 0.0588. The average molecular weight is 320 g/mol. The van der Waals surface area contributed by atoms with Crippen LogP contribution in [-0.2, 0) is 7.05 Å². The van der Waals surface area contributed by atoms with Gasteiger partial charge in [-0.05, 0) is 24.3 Å². The molecule has 0 fully saturated rings. The van der Waals surface area contributed by atoms with Gasteiger partial charge in [0.25, 0.3) is 0 Å². The SMILES string of the molecule is Cn1ccc(-c2nc(N)cnc2-c2cc(F)c3ncccc3c2)n1. The number of fused-ring (bicyclic) bond motifs is 1. The molecule has 0 saturated carbocycles. The van der Waals surface area contributed by atoms with Gasteiger partial charge in [0.05, 0.1) is 11.9 Å². The maximum absolute atomic E-state index is 14.4. The molecule has 0 amide bonds. The van der Waals surface area contributed by atoms with Crippen molar-refractivity contribution < 1.29 is 4.39 Å². The zero-order chi connectivity index (χ0) is 16.7. The molecular formula is C17H13FN6. The molecule has 4 aromatic rings. The first-order valence-corrected chi connectivity index (χ1v) is 7.29. The van der Waals surface area contributed by atoms with E-state index in [9.17, 15) is 4.39 Å². The second kappa shape index (κ2) is 5.38. The van der Waals surface area contributed by atoms with Crippen LogP contribution >= 0.6 is 0 Å². The molecule has 6 nitrogen and oxygen atoms in total. The summed E-state index contributed by atoms with van der Waals surface area (Å²) in [5.74, 6) is -0.129. The molecule has 24 heavy (non-hydrogen) atoms. The summed E-state index contributed by atoms with van der Waals surface area (Å²) in [6, 6.07) is 8.62. The van der Waals surface area contributed by atoms with Crippen LogP contribution in [0.5, 0.6) is 0 Å². The number of rotatable bonds is 2. The van der Waals surface area contributed by atoms with Crippen LogP contribution in [-0.4, -0.2) is 24.7 Å². The number of aromatic nitrogens is 5. The maximum atomic E-state index is 14.4. The van der Waals surface area contributed by atoms with Gasteiger partial charge >= 0.3 is 0 Å². The molecule has 0 spiro atoms. The second-order valence-electron chi connectivity index (χ2n) is 5.40. The van der Waals surface area contributed by atoms with Crippen molar-refractivity contribution in [2.45, 2.75) is 0 Å². The van der Waals surface area contributed by atoms with E-state index in [1.807, 2.05) is 19.2 Å². The van der Waals surface area contributed by atoms with Gasteiger partial charge in [-0.3, -0.25) is 14.6 Å². The molecule has 0 atom stereocenters. The number of nitrogen functional groups attached to an aromatic ring is 1. The van der Waals surface area contributed by atoms with E-state index in [0.717, 1.165) is 0 Å². The van der Waals surface area contributed by atoms with Crippen molar-refractivity contribution in [3.05, 3.63) is 54.7 Å². The number of pyridine rings is 1. The van der Waals surface area contributed by atoms with Crippen LogP contribution in [0.4, 0.5) is 10.2 Å². The number of benzene rings is 1. The van der Waals surface area contributed by atoms with E-state index >= 15 is 0 Å². The van der Waals surface area contributed by atoms with E-state index in [0.29, 0.717) is 33.5 Å². The van der Waals surface area contributed by atoms with Crippen LogP contribution in [0.2, 0.25) is 0 Å². The summed E-state index contributed by atoms with van der Waals surface area (Å²) in [6.07, 6.45) is 4.81. The monoisotopic (exact) mass is 320 g/mol. The van der Waals surface area contributed by atoms with Crippen molar-refractivity contribution in [1.82, 2.24) is 24.7 Å². The van der Waals surface area contributed by atoms with E-state index in [4.69, 9.17) is 5.73 Å². The predicted octanol–water partition coefficient (Wildman–Crippen LogP) is 2.81. The van der Waals surface area contributed by atoms with Gasteiger partial charge in [-0.15, -0.1) is 0 Å².